The quantitative estimate of drug-likeness (QED) is 0.741. The summed E-state index contributed by atoms with van der Waals surface area (Å²) in [5, 5.41) is 8.49. The molecule has 0 unspecified atom stereocenters. The highest BCUT2D eigenvalue weighted by atomic mass is 16.5. The fourth-order valence-corrected chi connectivity index (χ4v) is 2.98. The molecule has 0 radical (unpaired) electrons. The van der Waals surface area contributed by atoms with Crippen molar-refractivity contribution in [3.63, 3.8) is 0 Å². The van der Waals surface area contributed by atoms with Gasteiger partial charge in [-0.15, -0.1) is 0 Å². The molecule has 29 heavy (non-hydrogen) atoms. The molecule has 7 nitrogen and oxygen atoms in total. The van der Waals surface area contributed by atoms with Crippen molar-refractivity contribution in [2.24, 2.45) is 5.10 Å². The Bertz CT molecular complexity index is 896. The fourth-order valence-electron chi connectivity index (χ4n) is 2.98. The molecule has 2 aromatic carbocycles. The van der Waals surface area contributed by atoms with E-state index >= 15 is 0 Å². The van der Waals surface area contributed by atoms with Gasteiger partial charge in [-0.25, -0.2) is 5.01 Å². The molecule has 1 N–H and O–H groups in total. The highest BCUT2D eigenvalue weighted by molar-refractivity contribution is 6.43. The summed E-state index contributed by atoms with van der Waals surface area (Å²) in [5.74, 6) is 0.771. The standard InChI is InChI=1S/C22H25N3O4/c1-3-28-19-12-10-17(14-20(19)29-4-2)23-22(27)18-11-13-21(26)25(24-18)15-16-8-6-5-7-9-16/h5-10,12,14H,3-4,11,13,15H2,1-2H3,(H,23,27). The lowest BCUT2D eigenvalue weighted by Gasteiger charge is -2.23. The highest BCUT2D eigenvalue weighted by Crippen LogP contribution is 2.30. The van der Waals surface area contributed by atoms with Crippen molar-refractivity contribution >= 4 is 23.2 Å². The second kappa shape index (κ2) is 9.73. The van der Waals surface area contributed by atoms with E-state index < -0.39 is 0 Å². The first-order valence-corrected chi connectivity index (χ1v) is 9.73. The first-order chi connectivity index (χ1) is 14.1. The maximum absolute atomic E-state index is 12.7. The topological polar surface area (TPSA) is 80.2 Å². The normalized spacial score (nSPS) is 13.7. The van der Waals surface area contributed by atoms with Crippen LogP contribution in [0.3, 0.4) is 0 Å². The molecule has 0 fully saturated rings. The number of nitrogens with one attached hydrogen (secondary N) is 1. The van der Waals surface area contributed by atoms with Gasteiger partial charge in [0.15, 0.2) is 11.5 Å². The maximum Gasteiger partial charge on any atom is 0.271 e. The second-order valence-corrected chi connectivity index (χ2v) is 6.47. The lowest BCUT2D eigenvalue weighted by atomic mass is 10.1. The molecule has 1 aliphatic heterocycles. The van der Waals surface area contributed by atoms with Gasteiger partial charge in [0.25, 0.3) is 5.91 Å². The zero-order valence-electron chi connectivity index (χ0n) is 16.7. The summed E-state index contributed by atoms with van der Waals surface area (Å²) in [4.78, 5) is 24.9. The van der Waals surface area contributed by atoms with Gasteiger partial charge in [-0.2, -0.15) is 5.10 Å². The van der Waals surface area contributed by atoms with Gasteiger partial charge in [-0.1, -0.05) is 30.3 Å². The molecule has 0 aliphatic carbocycles. The van der Waals surface area contributed by atoms with Crippen molar-refractivity contribution in [3.8, 4) is 11.5 Å². The lowest BCUT2D eigenvalue weighted by Crippen LogP contribution is -2.36. The third kappa shape index (κ3) is 5.34. The molecule has 0 spiro atoms. The van der Waals surface area contributed by atoms with E-state index in [1.54, 1.807) is 18.2 Å². The SMILES string of the molecule is CCOc1ccc(NC(=O)C2=NN(Cc3ccccc3)C(=O)CC2)cc1OCC. The molecule has 0 atom stereocenters. The molecule has 0 bridgehead atoms. The largest absolute Gasteiger partial charge is 0.490 e. The van der Waals surface area contributed by atoms with Crippen LogP contribution in [0.5, 0.6) is 11.5 Å². The van der Waals surface area contributed by atoms with Gasteiger partial charge in [0, 0.05) is 24.6 Å². The number of rotatable bonds is 8. The summed E-state index contributed by atoms with van der Waals surface area (Å²) in [6.07, 6.45) is 0.567. The number of benzene rings is 2. The third-order valence-electron chi connectivity index (χ3n) is 4.34. The van der Waals surface area contributed by atoms with E-state index in [-0.39, 0.29) is 18.2 Å². The van der Waals surface area contributed by atoms with Gasteiger partial charge >= 0.3 is 0 Å². The minimum atomic E-state index is -0.331. The van der Waals surface area contributed by atoms with Crippen LogP contribution in [0.1, 0.15) is 32.3 Å². The van der Waals surface area contributed by atoms with Crippen LogP contribution in [0, 0.1) is 0 Å². The van der Waals surface area contributed by atoms with E-state index in [4.69, 9.17) is 9.47 Å². The van der Waals surface area contributed by atoms with Crippen molar-refractivity contribution in [1.82, 2.24) is 5.01 Å². The average molecular weight is 395 g/mol. The van der Waals surface area contributed by atoms with Gasteiger partial charge < -0.3 is 14.8 Å². The zero-order chi connectivity index (χ0) is 20.6. The van der Waals surface area contributed by atoms with E-state index in [2.05, 4.69) is 10.4 Å². The maximum atomic E-state index is 12.7. The van der Waals surface area contributed by atoms with E-state index in [0.29, 0.717) is 49.1 Å². The molecule has 7 heteroatoms. The van der Waals surface area contributed by atoms with Gasteiger partial charge in [-0.3, -0.25) is 9.59 Å². The number of hydrazone groups is 1. The second-order valence-electron chi connectivity index (χ2n) is 6.47. The van der Waals surface area contributed by atoms with Gasteiger partial charge in [-0.05, 0) is 31.5 Å². The summed E-state index contributed by atoms with van der Waals surface area (Å²) < 4.78 is 11.1. The predicted octanol–water partition coefficient (Wildman–Crippen LogP) is 3.60. The Morgan fingerprint density at radius 3 is 2.48 bits per heavy atom. The number of carbonyl (C=O) groups is 2. The summed E-state index contributed by atoms with van der Waals surface area (Å²) in [6, 6.07) is 14.8. The van der Waals surface area contributed by atoms with E-state index in [0.717, 1.165) is 5.56 Å². The summed E-state index contributed by atoms with van der Waals surface area (Å²) in [7, 11) is 0. The van der Waals surface area contributed by atoms with Gasteiger partial charge in [0.1, 0.15) is 5.71 Å². The number of hydrogen-bond donors (Lipinski definition) is 1. The molecule has 2 aromatic rings. The number of hydrogen-bond acceptors (Lipinski definition) is 5. The summed E-state index contributed by atoms with van der Waals surface area (Å²) in [6.45, 7) is 5.13. The van der Waals surface area contributed by atoms with Gasteiger partial charge in [0.05, 0.1) is 19.8 Å². The summed E-state index contributed by atoms with van der Waals surface area (Å²) >= 11 is 0. The number of nitrogens with zero attached hydrogens (tertiary/aromatic N) is 2. The van der Waals surface area contributed by atoms with Crippen LogP contribution in [0.25, 0.3) is 0 Å². The Balaban J connectivity index is 1.73. The molecule has 1 aliphatic rings. The fraction of sp³-hybridized carbons (Fsp3) is 0.318. The summed E-state index contributed by atoms with van der Waals surface area (Å²) in [5.41, 5.74) is 1.86. The molecular formula is C22H25N3O4. The van der Waals surface area contributed by atoms with E-state index in [9.17, 15) is 9.59 Å². The molecule has 0 saturated heterocycles. The monoisotopic (exact) mass is 395 g/mol. The van der Waals surface area contributed by atoms with Crippen LogP contribution < -0.4 is 14.8 Å². The zero-order valence-corrected chi connectivity index (χ0v) is 16.7. The van der Waals surface area contributed by atoms with Gasteiger partial charge in [0.2, 0.25) is 5.91 Å². The van der Waals surface area contributed by atoms with E-state index in [1.807, 2.05) is 44.2 Å². The molecule has 0 saturated carbocycles. The van der Waals surface area contributed by atoms with Crippen LogP contribution in [-0.2, 0) is 16.1 Å². The molecule has 0 aromatic heterocycles. The van der Waals surface area contributed by atoms with Crippen LogP contribution >= 0.6 is 0 Å². The lowest BCUT2D eigenvalue weighted by molar-refractivity contribution is -0.132. The molecule has 2 amide bonds. The van der Waals surface area contributed by atoms with Crippen LogP contribution in [0.2, 0.25) is 0 Å². The van der Waals surface area contributed by atoms with Crippen LogP contribution in [-0.4, -0.2) is 35.7 Å². The molecular weight excluding hydrogens is 370 g/mol. The third-order valence-corrected chi connectivity index (χ3v) is 4.34. The average Bonchev–Trinajstić information content (AvgIpc) is 2.72. The predicted molar refractivity (Wildman–Crippen MR) is 111 cm³/mol. The Morgan fingerprint density at radius 1 is 1.03 bits per heavy atom. The first kappa shape index (κ1) is 20.4. The van der Waals surface area contributed by atoms with Crippen molar-refractivity contribution < 1.29 is 19.1 Å². The Labute approximate surface area is 170 Å². The van der Waals surface area contributed by atoms with Crippen molar-refractivity contribution in [1.29, 1.82) is 0 Å². The number of amides is 2. The number of carbonyl (C=O) groups excluding carboxylic acids is 2. The minimum absolute atomic E-state index is 0.0925. The Morgan fingerprint density at radius 2 is 1.76 bits per heavy atom. The van der Waals surface area contributed by atoms with Crippen LogP contribution in [0.15, 0.2) is 53.6 Å². The molecule has 152 valence electrons. The minimum Gasteiger partial charge on any atom is -0.490 e. The van der Waals surface area contributed by atoms with Crippen molar-refractivity contribution in [2.75, 3.05) is 18.5 Å². The molecule has 3 rings (SSSR count). The molecule has 1 heterocycles. The number of anilines is 1. The first-order valence-electron chi connectivity index (χ1n) is 9.73. The highest BCUT2D eigenvalue weighted by Gasteiger charge is 2.24. The van der Waals surface area contributed by atoms with Crippen LogP contribution in [0.4, 0.5) is 5.69 Å². The number of ether oxygens (including phenoxy) is 2. The Hall–Kier alpha value is -3.35. The van der Waals surface area contributed by atoms with Crippen molar-refractivity contribution in [2.45, 2.75) is 33.2 Å². The Kier molecular flexibility index (Phi) is 6.84. The van der Waals surface area contributed by atoms with E-state index in [1.165, 1.54) is 5.01 Å². The smallest absolute Gasteiger partial charge is 0.271 e. The van der Waals surface area contributed by atoms with Crippen molar-refractivity contribution in [3.05, 3.63) is 54.1 Å².